The lowest BCUT2D eigenvalue weighted by atomic mass is 9.75. The van der Waals surface area contributed by atoms with E-state index in [1.165, 1.54) is 19.3 Å². The van der Waals surface area contributed by atoms with Crippen LogP contribution in [0.15, 0.2) is 0 Å². The molecule has 0 bridgehead atoms. The van der Waals surface area contributed by atoms with Gasteiger partial charge >= 0.3 is 0 Å². The van der Waals surface area contributed by atoms with E-state index in [4.69, 9.17) is 0 Å². The summed E-state index contributed by atoms with van der Waals surface area (Å²) in [6.45, 7) is 0.948. The highest BCUT2D eigenvalue weighted by atomic mass is 16.1. The average Bonchev–Trinajstić information content (AvgIpc) is 2.10. The first kappa shape index (κ1) is 6.20. The average molecular weight is 139 g/mol. The van der Waals surface area contributed by atoms with Crippen LogP contribution in [-0.4, -0.2) is 12.5 Å². The molecule has 0 spiro atoms. The monoisotopic (exact) mass is 139 g/mol. The maximum atomic E-state index is 10.8. The number of amides is 1. The molecule has 1 aliphatic heterocycles. The first-order valence-electron chi connectivity index (χ1n) is 4.13. The van der Waals surface area contributed by atoms with Gasteiger partial charge in [0.25, 0.3) is 0 Å². The van der Waals surface area contributed by atoms with Crippen molar-refractivity contribution in [3.8, 4) is 0 Å². The van der Waals surface area contributed by atoms with E-state index < -0.39 is 0 Å². The lowest BCUT2D eigenvalue weighted by Crippen LogP contribution is -2.23. The van der Waals surface area contributed by atoms with Crippen LogP contribution in [0.25, 0.3) is 0 Å². The zero-order valence-corrected chi connectivity index (χ0v) is 6.10. The molecule has 0 radical (unpaired) electrons. The van der Waals surface area contributed by atoms with Gasteiger partial charge in [-0.2, -0.15) is 0 Å². The van der Waals surface area contributed by atoms with Gasteiger partial charge in [-0.15, -0.1) is 0 Å². The van der Waals surface area contributed by atoms with E-state index in [2.05, 4.69) is 5.32 Å². The highest BCUT2D eigenvalue weighted by Crippen LogP contribution is 2.36. The number of rotatable bonds is 1. The van der Waals surface area contributed by atoms with Crippen LogP contribution in [0.1, 0.15) is 25.7 Å². The van der Waals surface area contributed by atoms with E-state index in [0.29, 0.717) is 5.92 Å². The highest BCUT2D eigenvalue weighted by Gasteiger charge is 2.32. The van der Waals surface area contributed by atoms with Gasteiger partial charge < -0.3 is 5.32 Å². The molecule has 1 N–H and O–H groups in total. The Hall–Kier alpha value is -0.530. The van der Waals surface area contributed by atoms with Crippen LogP contribution in [0.5, 0.6) is 0 Å². The second-order valence-electron chi connectivity index (χ2n) is 3.46. The SMILES string of the molecule is O=C1C[C@@H](C2CCC2)CN1. The van der Waals surface area contributed by atoms with Crippen molar-refractivity contribution in [3.63, 3.8) is 0 Å². The van der Waals surface area contributed by atoms with Gasteiger partial charge in [0, 0.05) is 13.0 Å². The molecule has 1 heterocycles. The van der Waals surface area contributed by atoms with Gasteiger partial charge in [-0.1, -0.05) is 19.3 Å². The van der Waals surface area contributed by atoms with Crippen LogP contribution in [0.4, 0.5) is 0 Å². The molecule has 1 atom stereocenters. The van der Waals surface area contributed by atoms with Crippen molar-refractivity contribution < 1.29 is 4.79 Å². The summed E-state index contributed by atoms with van der Waals surface area (Å²) in [6, 6.07) is 0. The third kappa shape index (κ3) is 0.917. The number of nitrogens with one attached hydrogen (secondary N) is 1. The van der Waals surface area contributed by atoms with E-state index in [1.807, 2.05) is 0 Å². The zero-order valence-electron chi connectivity index (χ0n) is 6.10. The Balaban J connectivity index is 1.88. The number of carbonyl (C=O) groups excluding carboxylic acids is 1. The fraction of sp³-hybridized carbons (Fsp3) is 0.875. The second-order valence-corrected chi connectivity index (χ2v) is 3.46. The molecule has 0 aromatic heterocycles. The fourth-order valence-electron chi connectivity index (χ4n) is 1.87. The predicted molar refractivity (Wildman–Crippen MR) is 38.5 cm³/mol. The lowest BCUT2D eigenvalue weighted by molar-refractivity contribution is -0.119. The quantitative estimate of drug-likeness (QED) is 0.575. The molecular formula is C8H13NO. The van der Waals surface area contributed by atoms with E-state index in [9.17, 15) is 4.79 Å². The summed E-state index contributed by atoms with van der Waals surface area (Å²) in [5, 5.41) is 2.88. The summed E-state index contributed by atoms with van der Waals surface area (Å²) in [5.41, 5.74) is 0. The fourth-order valence-corrected chi connectivity index (χ4v) is 1.87. The van der Waals surface area contributed by atoms with Crippen molar-refractivity contribution in [2.75, 3.05) is 6.54 Å². The van der Waals surface area contributed by atoms with Gasteiger partial charge in [0.15, 0.2) is 0 Å². The van der Waals surface area contributed by atoms with Crippen LogP contribution >= 0.6 is 0 Å². The van der Waals surface area contributed by atoms with Crippen LogP contribution in [0.3, 0.4) is 0 Å². The summed E-state index contributed by atoms with van der Waals surface area (Å²) in [7, 11) is 0. The van der Waals surface area contributed by atoms with E-state index in [0.717, 1.165) is 18.9 Å². The smallest absolute Gasteiger partial charge is 0.220 e. The molecular weight excluding hydrogens is 126 g/mol. The number of carbonyl (C=O) groups is 1. The molecule has 2 heteroatoms. The molecule has 2 nitrogen and oxygen atoms in total. The van der Waals surface area contributed by atoms with Crippen LogP contribution in [-0.2, 0) is 4.79 Å². The molecule has 0 aromatic carbocycles. The molecule has 1 saturated carbocycles. The van der Waals surface area contributed by atoms with Gasteiger partial charge in [0.2, 0.25) is 5.91 Å². The lowest BCUT2D eigenvalue weighted by Gasteiger charge is -2.29. The minimum Gasteiger partial charge on any atom is -0.356 e. The maximum absolute atomic E-state index is 10.8. The Kier molecular flexibility index (Phi) is 1.40. The second kappa shape index (κ2) is 2.26. The Morgan fingerprint density at radius 2 is 2.10 bits per heavy atom. The van der Waals surface area contributed by atoms with Crippen molar-refractivity contribution in [1.82, 2.24) is 5.32 Å². The van der Waals surface area contributed by atoms with Crippen molar-refractivity contribution in [1.29, 1.82) is 0 Å². The van der Waals surface area contributed by atoms with E-state index >= 15 is 0 Å². The molecule has 1 amide bonds. The Bertz CT molecular complexity index is 151. The maximum Gasteiger partial charge on any atom is 0.220 e. The highest BCUT2D eigenvalue weighted by molar-refractivity contribution is 5.78. The van der Waals surface area contributed by atoms with Gasteiger partial charge in [-0.05, 0) is 11.8 Å². The molecule has 10 heavy (non-hydrogen) atoms. The van der Waals surface area contributed by atoms with Crippen molar-refractivity contribution in [2.24, 2.45) is 11.8 Å². The molecule has 2 fully saturated rings. The van der Waals surface area contributed by atoms with Gasteiger partial charge in [-0.25, -0.2) is 0 Å². The van der Waals surface area contributed by atoms with Crippen LogP contribution in [0.2, 0.25) is 0 Å². The van der Waals surface area contributed by atoms with Gasteiger partial charge in [0.05, 0.1) is 0 Å². The largest absolute Gasteiger partial charge is 0.356 e. The molecule has 0 aromatic rings. The minimum absolute atomic E-state index is 0.261. The van der Waals surface area contributed by atoms with Crippen molar-refractivity contribution in [3.05, 3.63) is 0 Å². The Labute approximate surface area is 61.0 Å². The zero-order chi connectivity index (χ0) is 6.97. The van der Waals surface area contributed by atoms with E-state index in [-0.39, 0.29) is 5.91 Å². The first-order valence-corrected chi connectivity index (χ1v) is 4.13. The summed E-state index contributed by atoms with van der Waals surface area (Å²) in [6.07, 6.45) is 4.90. The summed E-state index contributed by atoms with van der Waals surface area (Å²) in [4.78, 5) is 10.8. The topological polar surface area (TPSA) is 29.1 Å². The van der Waals surface area contributed by atoms with E-state index in [1.54, 1.807) is 0 Å². The molecule has 2 aliphatic rings. The molecule has 0 unspecified atom stereocenters. The summed E-state index contributed by atoms with van der Waals surface area (Å²) in [5.74, 6) is 1.82. The molecule has 2 rings (SSSR count). The third-order valence-corrected chi connectivity index (χ3v) is 2.83. The van der Waals surface area contributed by atoms with Crippen molar-refractivity contribution in [2.45, 2.75) is 25.7 Å². The number of hydrogen-bond donors (Lipinski definition) is 1. The Morgan fingerprint density at radius 1 is 1.30 bits per heavy atom. The number of hydrogen-bond acceptors (Lipinski definition) is 1. The van der Waals surface area contributed by atoms with Gasteiger partial charge in [-0.3, -0.25) is 4.79 Å². The van der Waals surface area contributed by atoms with Crippen molar-refractivity contribution >= 4 is 5.91 Å². The minimum atomic E-state index is 0.261. The van der Waals surface area contributed by atoms with Crippen LogP contribution < -0.4 is 5.32 Å². The summed E-state index contributed by atoms with van der Waals surface area (Å²) >= 11 is 0. The Morgan fingerprint density at radius 3 is 2.50 bits per heavy atom. The standard InChI is InChI=1S/C8H13NO/c10-8-4-7(5-9-8)6-2-1-3-6/h6-7H,1-5H2,(H,9,10)/t7-/m1/s1. The molecule has 1 aliphatic carbocycles. The van der Waals surface area contributed by atoms with Crippen LogP contribution in [0, 0.1) is 11.8 Å². The summed E-state index contributed by atoms with van der Waals surface area (Å²) < 4.78 is 0. The van der Waals surface area contributed by atoms with Gasteiger partial charge in [0.1, 0.15) is 0 Å². The predicted octanol–water partition coefficient (Wildman–Crippen LogP) is 0.923. The normalized spacial score (nSPS) is 33.6. The third-order valence-electron chi connectivity index (χ3n) is 2.83. The molecule has 56 valence electrons. The molecule has 1 saturated heterocycles. The first-order chi connectivity index (χ1) is 4.86.